The first kappa shape index (κ1) is 34.3. The molecule has 1 aromatic carbocycles. The molecule has 1 aliphatic heterocycles. The number of pyridine rings is 1. The highest BCUT2D eigenvalue weighted by Crippen LogP contribution is 2.31. The number of carbonyl (C=O) groups excluding carboxylic acids is 1. The van der Waals surface area contributed by atoms with E-state index in [2.05, 4.69) is 32.2 Å². The Bertz CT molecular complexity index is 1230. The molecule has 1 amide bonds. The van der Waals surface area contributed by atoms with Crippen LogP contribution in [0.5, 0.6) is 5.75 Å². The zero-order chi connectivity index (χ0) is 31.6. The van der Waals surface area contributed by atoms with Crippen molar-refractivity contribution < 1.29 is 28.6 Å². The molecule has 238 valence electrons. The summed E-state index contributed by atoms with van der Waals surface area (Å²) < 4.78 is 26.9. The SMILES string of the molecule is CN(C(=O)CCCCc1ccc2c(n1)NCCC2)[C@@H](CC(=O)O)c1ccc(OC(C)(C)CCOCCC(C)(C)C)c(F)c1. The molecular formula is C34H50FN3O5. The summed E-state index contributed by atoms with van der Waals surface area (Å²) in [6, 6.07) is 7.80. The van der Waals surface area contributed by atoms with Gasteiger partial charge < -0.3 is 24.8 Å². The van der Waals surface area contributed by atoms with Gasteiger partial charge in [0.15, 0.2) is 11.6 Å². The van der Waals surface area contributed by atoms with E-state index >= 15 is 4.39 Å². The van der Waals surface area contributed by atoms with Crippen LogP contribution in [0, 0.1) is 11.2 Å². The molecule has 0 saturated heterocycles. The van der Waals surface area contributed by atoms with E-state index in [1.807, 2.05) is 19.9 Å². The molecule has 1 aliphatic rings. The van der Waals surface area contributed by atoms with E-state index < -0.39 is 23.4 Å². The Hall–Kier alpha value is -3.20. The van der Waals surface area contributed by atoms with Crippen LogP contribution in [0.15, 0.2) is 30.3 Å². The number of carboxylic acid groups (broad SMARTS) is 1. The van der Waals surface area contributed by atoms with Crippen LogP contribution in [0.2, 0.25) is 0 Å². The molecule has 0 bridgehead atoms. The molecule has 9 heteroatoms. The normalized spacial score (nSPS) is 14.0. The molecule has 2 N–H and O–H groups in total. The Morgan fingerprint density at radius 2 is 1.84 bits per heavy atom. The summed E-state index contributed by atoms with van der Waals surface area (Å²) >= 11 is 0. The molecule has 8 nitrogen and oxygen atoms in total. The molecular weight excluding hydrogens is 549 g/mol. The Balaban J connectivity index is 1.54. The van der Waals surface area contributed by atoms with E-state index in [0.29, 0.717) is 31.6 Å². The van der Waals surface area contributed by atoms with Gasteiger partial charge in [-0.05, 0) is 87.1 Å². The average Bonchev–Trinajstić information content (AvgIpc) is 2.93. The third-order valence-corrected chi connectivity index (χ3v) is 7.83. The quantitative estimate of drug-likeness (QED) is 0.201. The number of aryl methyl sites for hydroxylation is 2. The summed E-state index contributed by atoms with van der Waals surface area (Å²) in [5, 5.41) is 12.9. The molecule has 1 aromatic heterocycles. The third-order valence-electron chi connectivity index (χ3n) is 7.83. The minimum Gasteiger partial charge on any atom is -0.485 e. The number of carbonyl (C=O) groups is 2. The number of carboxylic acids is 1. The van der Waals surface area contributed by atoms with Gasteiger partial charge in [-0.15, -0.1) is 0 Å². The number of hydrogen-bond donors (Lipinski definition) is 2. The van der Waals surface area contributed by atoms with Crippen molar-refractivity contribution in [3.63, 3.8) is 0 Å². The lowest BCUT2D eigenvalue weighted by Gasteiger charge is -2.29. The largest absolute Gasteiger partial charge is 0.485 e. The van der Waals surface area contributed by atoms with Gasteiger partial charge in [-0.25, -0.2) is 9.37 Å². The lowest BCUT2D eigenvalue weighted by atomic mass is 9.93. The van der Waals surface area contributed by atoms with Crippen molar-refractivity contribution in [2.45, 2.75) is 104 Å². The molecule has 0 aliphatic carbocycles. The van der Waals surface area contributed by atoms with Gasteiger partial charge in [-0.3, -0.25) is 9.59 Å². The molecule has 3 rings (SSSR count). The van der Waals surface area contributed by atoms with Crippen molar-refractivity contribution in [1.29, 1.82) is 0 Å². The van der Waals surface area contributed by atoms with E-state index in [0.717, 1.165) is 50.2 Å². The first-order valence-electron chi connectivity index (χ1n) is 15.5. The molecule has 0 radical (unpaired) electrons. The molecule has 2 heterocycles. The number of halogens is 1. The number of ether oxygens (including phenoxy) is 2. The van der Waals surface area contributed by atoms with Gasteiger partial charge in [0.1, 0.15) is 11.4 Å². The second kappa shape index (κ2) is 15.5. The van der Waals surface area contributed by atoms with Crippen LogP contribution in [0.3, 0.4) is 0 Å². The topological polar surface area (TPSA) is 101 Å². The highest BCUT2D eigenvalue weighted by Gasteiger charge is 2.27. The molecule has 1 atom stereocenters. The van der Waals surface area contributed by atoms with E-state index in [-0.39, 0.29) is 29.9 Å². The molecule has 0 unspecified atom stereocenters. The lowest BCUT2D eigenvalue weighted by molar-refractivity contribution is -0.140. The first-order chi connectivity index (χ1) is 20.2. The summed E-state index contributed by atoms with van der Waals surface area (Å²) in [6.45, 7) is 12.3. The van der Waals surface area contributed by atoms with Crippen LogP contribution in [0.25, 0.3) is 0 Å². The van der Waals surface area contributed by atoms with E-state index in [9.17, 15) is 14.7 Å². The van der Waals surface area contributed by atoms with Crippen molar-refractivity contribution in [2.75, 3.05) is 32.1 Å². The van der Waals surface area contributed by atoms with Gasteiger partial charge in [0.2, 0.25) is 5.91 Å². The van der Waals surface area contributed by atoms with E-state index in [1.54, 1.807) is 13.1 Å². The highest BCUT2D eigenvalue weighted by atomic mass is 19.1. The Labute approximate surface area is 256 Å². The third kappa shape index (κ3) is 11.4. The molecule has 0 saturated carbocycles. The van der Waals surface area contributed by atoms with Crippen LogP contribution in [-0.2, 0) is 27.2 Å². The number of rotatable bonds is 16. The predicted octanol–water partition coefficient (Wildman–Crippen LogP) is 6.97. The molecule has 2 aromatic rings. The first-order valence-corrected chi connectivity index (χ1v) is 15.5. The number of anilines is 1. The van der Waals surface area contributed by atoms with Gasteiger partial charge in [0, 0.05) is 38.7 Å². The van der Waals surface area contributed by atoms with Crippen LogP contribution >= 0.6 is 0 Å². The summed E-state index contributed by atoms with van der Waals surface area (Å²) in [5.41, 5.74) is 2.19. The molecule has 0 spiro atoms. The van der Waals surface area contributed by atoms with Crippen LogP contribution < -0.4 is 10.1 Å². The fourth-order valence-corrected chi connectivity index (χ4v) is 5.04. The van der Waals surface area contributed by atoms with E-state index in [4.69, 9.17) is 14.5 Å². The maximum Gasteiger partial charge on any atom is 0.305 e. The summed E-state index contributed by atoms with van der Waals surface area (Å²) in [5.74, 6) is -0.798. The second-order valence-electron chi connectivity index (χ2n) is 13.4. The van der Waals surface area contributed by atoms with E-state index in [1.165, 1.54) is 22.6 Å². The minimum atomic E-state index is -1.06. The number of nitrogens with zero attached hydrogens (tertiary/aromatic N) is 2. The monoisotopic (exact) mass is 599 g/mol. The van der Waals surface area contributed by atoms with Gasteiger partial charge in [-0.2, -0.15) is 0 Å². The fraction of sp³-hybridized carbons (Fsp3) is 0.618. The van der Waals surface area contributed by atoms with Crippen molar-refractivity contribution in [3.8, 4) is 5.75 Å². The number of benzene rings is 1. The van der Waals surface area contributed by atoms with Crippen molar-refractivity contribution in [1.82, 2.24) is 9.88 Å². The standard InChI is InChI=1S/C34H50FN3O5/c1-33(2,3)17-20-42-21-18-34(4,5)43-29-16-14-25(22-27(29)35)28(23-31(40)41)38(6)30(39)12-8-7-11-26-15-13-24-10-9-19-36-32(24)37-26/h13-16,22,28H,7-12,17-21,23H2,1-6H3,(H,36,37)(H,40,41)/t28-/m0/s1. The maximum atomic E-state index is 15.2. The number of fused-ring (bicyclic) bond motifs is 1. The van der Waals surface area contributed by atoms with Crippen molar-refractivity contribution in [3.05, 3.63) is 53.0 Å². The molecule has 43 heavy (non-hydrogen) atoms. The smallest absolute Gasteiger partial charge is 0.305 e. The van der Waals surface area contributed by atoms with Crippen molar-refractivity contribution >= 4 is 17.7 Å². The Morgan fingerprint density at radius 3 is 2.53 bits per heavy atom. The van der Waals surface area contributed by atoms with Crippen molar-refractivity contribution in [2.24, 2.45) is 5.41 Å². The number of nitrogens with one attached hydrogen (secondary N) is 1. The van der Waals surface area contributed by atoms with Gasteiger partial charge >= 0.3 is 5.97 Å². The van der Waals surface area contributed by atoms with Crippen LogP contribution in [0.1, 0.15) is 102 Å². The number of unbranched alkanes of at least 4 members (excludes halogenated alkanes) is 1. The fourth-order valence-electron chi connectivity index (χ4n) is 5.04. The van der Waals surface area contributed by atoms with Gasteiger partial charge in [0.05, 0.1) is 19.1 Å². The van der Waals surface area contributed by atoms with Crippen LogP contribution in [0.4, 0.5) is 10.2 Å². The number of aliphatic carboxylic acids is 1. The highest BCUT2D eigenvalue weighted by molar-refractivity contribution is 5.77. The summed E-state index contributed by atoms with van der Waals surface area (Å²) in [6.07, 6.45) is 5.81. The summed E-state index contributed by atoms with van der Waals surface area (Å²) in [7, 11) is 1.58. The zero-order valence-electron chi connectivity index (χ0n) is 26.8. The predicted molar refractivity (Wildman–Crippen MR) is 167 cm³/mol. The summed E-state index contributed by atoms with van der Waals surface area (Å²) in [4.78, 5) is 30.9. The number of aromatic nitrogens is 1. The average molecular weight is 600 g/mol. The second-order valence-corrected chi connectivity index (χ2v) is 13.4. The molecule has 0 fully saturated rings. The number of hydrogen-bond acceptors (Lipinski definition) is 6. The van der Waals surface area contributed by atoms with Gasteiger partial charge in [-0.1, -0.05) is 32.9 Å². The Morgan fingerprint density at radius 1 is 1.09 bits per heavy atom. The minimum absolute atomic E-state index is 0.0810. The zero-order valence-corrected chi connectivity index (χ0v) is 26.8. The lowest BCUT2D eigenvalue weighted by Crippen LogP contribution is -2.33. The van der Waals surface area contributed by atoms with Crippen LogP contribution in [-0.4, -0.2) is 59.3 Å². The maximum absolute atomic E-state index is 15.2. The number of amides is 1. The van der Waals surface area contributed by atoms with Gasteiger partial charge in [0.25, 0.3) is 0 Å². The Kier molecular flexibility index (Phi) is 12.4.